The molecule has 0 aliphatic heterocycles. The van der Waals surface area contributed by atoms with E-state index >= 15 is 0 Å². The zero-order valence-corrected chi connectivity index (χ0v) is 13.3. The summed E-state index contributed by atoms with van der Waals surface area (Å²) in [4.78, 5) is 36.1. The first-order valence-electron chi connectivity index (χ1n) is 8.49. The quantitative estimate of drug-likeness (QED) is 0.850. The summed E-state index contributed by atoms with van der Waals surface area (Å²) in [5.41, 5.74) is 0.794. The van der Waals surface area contributed by atoms with Crippen molar-refractivity contribution in [2.75, 3.05) is 0 Å². The first-order valence-corrected chi connectivity index (χ1v) is 8.49. The molecule has 7 heteroatoms. The Morgan fingerprint density at radius 1 is 1.29 bits per heavy atom. The Kier molecular flexibility index (Phi) is 3.92. The molecule has 24 heavy (non-hydrogen) atoms. The molecule has 0 unspecified atom stereocenters. The van der Waals surface area contributed by atoms with E-state index in [1.165, 1.54) is 18.9 Å². The molecule has 2 aromatic heterocycles. The molecule has 0 saturated heterocycles. The second-order valence-corrected chi connectivity index (χ2v) is 6.58. The van der Waals surface area contributed by atoms with Gasteiger partial charge in [0, 0.05) is 6.07 Å². The Bertz CT molecular complexity index is 900. The summed E-state index contributed by atoms with van der Waals surface area (Å²) in [7, 11) is 0. The van der Waals surface area contributed by atoms with E-state index in [2.05, 4.69) is 15.1 Å². The summed E-state index contributed by atoms with van der Waals surface area (Å²) in [5.74, 6) is 0.712. The van der Waals surface area contributed by atoms with Gasteiger partial charge in [0.1, 0.15) is 5.39 Å². The van der Waals surface area contributed by atoms with Gasteiger partial charge in [0.25, 0.3) is 5.56 Å². The van der Waals surface area contributed by atoms with Crippen molar-refractivity contribution < 1.29 is 9.25 Å². The molecule has 0 spiro atoms. The van der Waals surface area contributed by atoms with Crippen molar-refractivity contribution >= 4 is 16.8 Å². The standard InChI is InChI=1S/C17H19N3O4/c21-13-9-11(8-7-10-5-6-10)14-15(22)18-17(19-16(14)23-13)24-20-12-3-1-2-4-12/h9-10H,1-8H2,(H,18,19,22). The van der Waals surface area contributed by atoms with Gasteiger partial charge in [0.2, 0.25) is 5.71 Å². The molecule has 0 aromatic carbocycles. The number of hydrogen-bond donors (Lipinski definition) is 1. The topological polar surface area (TPSA) is 97.5 Å². The lowest BCUT2D eigenvalue weighted by Gasteiger charge is -2.05. The lowest BCUT2D eigenvalue weighted by molar-refractivity contribution is 0.309. The molecule has 7 nitrogen and oxygen atoms in total. The third kappa shape index (κ3) is 3.25. The zero-order chi connectivity index (χ0) is 16.5. The van der Waals surface area contributed by atoms with Gasteiger partial charge in [-0.25, -0.2) is 4.79 Å². The Labute approximate surface area is 137 Å². The minimum Gasteiger partial charge on any atom is -0.403 e. The fourth-order valence-corrected chi connectivity index (χ4v) is 3.12. The van der Waals surface area contributed by atoms with E-state index < -0.39 is 5.63 Å². The number of hydrogen-bond acceptors (Lipinski definition) is 6. The summed E-state index contributed by atoms with van der Waals surface area (Å²) in [6.07, 6.45) is 8.12. The third-order valence-electron chi connectivity index (χ3n) is 4.64. The lowest BCUT2D eigenvalue weighted by atomic mass is 10.1. The van der Waals surface area contributed by atoms with E-state index in [4.69, 9.17) is 9.25 Å². The highest BCUT2D eigenvalue weighted by atomic mass is 16.6. The van der Waals surface area contributed by atoms with Crippen LogP contribution in [0.25, 0.3) is 11.1 Å². The van der Waals surface area contributed by atoms with Crippen LogP contribution in [-0.2, 0) is 6.42 Å². The van der Waals surface area contributed by atoms with Crippen molar-refractivity contribution in [2.45, 2.75) is 51.4 Å². The summed E-state index contributed by atoms with van der Waals surface area (Å²) < 4.78 is 5.10. The second-order valence-electron chi connectivity index (χ2n) is 6.58. The fraction of sp³-hybridized carbons (Fsp3) is 0.529. The van der Waals surface area contributed by atoms with Crippen molar-refractivity contribution in [3.8, 4) is 6.01 Å². The molecule has 0 bridgehead atoms. The molecule has 4 rings (SSSR count). The van der Waals surface area contributed by atoms with Gasteiger partial charge in [-0.3, -0.25) is 9.78 Å². The van der Waals surface area contributed by atoms with Crippen molar-refractivity contribution in [3.05, 3.63) is 32.4 Å². The Morgan fingerprint density at radius 3 is 2.83 bits per heavy atom. The molecule has 2 aliphatic rings. The highest BCUT2D eigenvalue weighted by Gasteiger charge is 2.22. The molecule has 0 amide bonds. The van der Waals surface area contributed by atoms with Crippen LogP contribution in [0.5, 0.6) is 6.01 Å². The number of rotatable bonds is 5. The maximum atomic E-state index is 12.4. The summed E-state index contributed by atoms with van der Waals surface area (Å²) >= 11 is 0. The van der Waals surface area contributed by atoms with Crippen LogP contribution in [0.3, 0.4) is 0 Å². The Hall–Kier alpha value is -2.44. The van der Waals surface area contributed by atoms with Crippen LogP contribution >= 0.6 is 0 Å². The molecule has 2 aromatic rings. The van der Waals surface area contributed by atoms with E-state index in [1.807, 2.05) is 0 Å². The summed E-state index contributed by atoms with van der Waals surface area (Å²) in [6, 6.07) is 1.34. The predicted octanol–water partition coefficient (Wildman–Crippen LogP) is 2.53. The number of nitrogens with one attached hydrogen (secondary N) is 1. The second kappa shape index (κ2) is 6.22. The molecule has 1 N–H and O–H groups in total. The van der Waals surface area contributed by atoms with Crippen LogP contribution in [0.4, 0.5) is 0 Å². The Balaban J connectivity index is 1.67. The van der Waals surface area contributed by atoms with Gasteiger partial charge in [-0.1, -0.05) is 18.0 Å². The average molecular weight is 329 g/mol. The fourth-order valence-electron chi connectivity index (χ4n) is 3.12. The number of aromatic nitrogens is 2. The van der Waals surface area contributed by atoms with Crippen LogP contribution < -0.4 is 16.0 Å². The number of nitrogens with zero attached hydrogens (tertiary/aromatic N) is 2. The van der Waals surface area contributed by atoms with Crippen molar-refractivity contribution in [1.82, 2.24) is 9.97 Å². The number of H-pyrrole nitrogens is 1. The Morgan fingerprint density at radius 2 is 2.08 bits per heavy atom. The van der Waals surface area contributed by atoms with Crippen LogP contribution in [-0.4, -0.2) is 15.7 Å². The maximum absolute atomic E-state index is 12.4. The normalized spacial score (nSPS) is 17.4. The number of aryl methyl sites for hydroxylation is 1. The molecule has 126 valence electrons. The predicted molar refractivity (Wildman–Crippen MR) is 88.5 cm³/mol. The molecule has 0 radical (unpaired) electrons. The van der Waals surface area contributed by atoms with Crippen LogP contribution in [0.15, 0.2) is 25.2 Å². The monoisotopic (exact) mass is 329 g/mol. The summed E-state index contributed by atoms with van der Waals surface area (Å²) in [6.45, 7) is 0. The van der Waals surface area contributed by atoms with Crippen molar-refractivity contribution in [2.24, 2.45) is 11.1 Å². The number of oxime groups is 1. The van der Waals surface area contributed by atoms with E-state index in [9.17, 15) is 9.59 Å². The first-order chi connectivity index (χ1) is 11.7. The molecule has 2 fully saturated rings. The van der Waals surface area contributed by atoms with E-state index in [1.54, 1.807) is 0 Å². The van der Waals surface area contributed by atoms with E-state index in [-0.39, 0.29) is 17.3 Å². The van der Waals surface area contributed by atoms with Gasteiger partial charge in [-0.2, -0.15) is 4.98 Å². The molecule has 2 saturated carbocycles. The highest BCUT2D eigenvalue weighted by molar-refractivity contribution is 5.85. The van der Waals surface area contributed by atoms with Crippen LogP contribution in [0.1, 0.15) is 50.5 Å². The number of fused-ring (bicyclic) bond motifs is 1. The number of aromatic amines is 1. The average Bonchev–Trinajstić information content (AvgIpc) is 3.23. The SMILES string of the molecule is O=c1cc(CCC2CC2)c2c(=O)[nH]c(ON=C3CCCC3)nc2o1. The van der Waals surface area contributed by atoms with Crippen molar-refractivity contribution in [1.29, 1.82) is 0 Å². The van der Waals surface area contributed by atoms with E-state index in [0.29, 0.717) is 23.3 Å². The minimum absolute atomic E-state index is 0.0127. The zero-order valence-electron chi connectivity index (χ0n) is 13.3. The van der Waals surface area contributed by atoms with Gasteiger partial charge in [-0.05, 0) is 50.0 Å². The largest absolute Gasteiger partial charge is 0.403 e. The van der Waals surface area contributed by atoms with Gasteiger partial charge < -0.3 is 9.25 Å². The molecule has 0 atom stereocenters. The minimum atomic E-state index is -0.501. The smallest absolute Gasteiger partial charge is 0.337 e. The molecular weight excluding hydrogens is 310 g/mol. The van der Waals surface area contributed by atoms with Gasteiger partial charge >= 0.3 is 11.6 Å². The third-order valence-corrected chi connectivity index (χ3v) is 4.64. The molecule has 2 aliphatic carbocycles. The van der Waals surface area contributed by atoms with Gasteiger partial charge in [-0.15, -0.1) is 0 Å². The van der Waals surface area contributed by atoms with Crippen molar-refractivity contribution in [3.63, 3.8) is 0 Å². The lowest BCUT2D eigenvalue weighted by Crippen LogP contribution is -2.15. The first kappa shape index (κ1) is 15.1. The van der Waals surface area contributed by atoms with Gasteiger partial charge in [0.15, 0.2) is 0 Å². The van der Waals surface area contributed by atoms with E-state index in [0.717, 1.165) is 37.8 Å². The maximum Gasteiger partial charge on any atom is 0.337 e. The highest BCUT2D eigenvalue weighted by Crippen LogP contribution is 2.33. The van der Waals surface area contributed by atoms with Crippen LogP contribution in [0.2, 0.25) is 0 Å². The van der Waals surface area contributed by atoms with Crippen LogP contribution in [0, 0.1) is 5.92 Å². The molecular formula is C17H19N3O4. The van der Waals surface area contributed by atoms with Gasteiger partial charge in [0.05, 0.1) is 5.71 Å². The summed E-state index contributed by atoms with van der Waals surface area (Å²) in [5, 5.41) is 4.35. The molecule has 2 heterocycles.